The third kappa shape index (κ3) is 15.8. The fourth-order valence-corrected chi connectivity index (χ4v) is 2.28. The van der Waals surface area contributed by atoms with Crippen molar-refractivity contribution in [3.05, 3.63) is 0 Å². The van der Waals surface area contributed by atoms with Crippen LogP contribution in [0, 0.1) is 0 Å². The van der Waals surface area contributed by atoms with Gasteiger partial charge in [0.15, 0.2) is 0 Å². The molecule has 0 amide bonds. The van der Waals surface area contributed by atoms with E-state index in [2.05, 4.69) is 19.6 Å². The first-order valence-corrected chi connectivity index (χ1v) is 8.71. The van der Waals surface area contributed by atoms with Crippen molar-refractivity contribution in [1.29, 1.82) is 0 Å². The molecule has 0 saturated heterocycles. The summed E-state index contributed by atoms with van der Waals surface area (Å²) in [6.45, 7) is 2.76. The molecule has 3 heteroatoms. The van der Waals surface area contributed by atoms with Crippen LogP contribution in [0.25, 0.3) is 0 Å². The molecule has 114 valence electrons. The molecule has 0 unspecified atom stereocenters. The smallest absolute Gasteiger partial charge is 0.305 e. The van der Waals surface area contributed by atoms with E-state index in [9.17, 15) is 4.79 Å². The fourth-order valence-electron chi connectivity index (χ4n) is 2.05. The highest BCUT2D eigenvalue weighted by Gasteiger charge is 2.01. The number of unbranched alkanes of at least 4 members (excludes halogenated alkanes) is 9. The summed E-state index contributed by atoms with van der Waals surface area (Å²) in [6.07, 6.45) is 13.9. The predicted octanol–water partition coefficient (Wildman–Crippen LogP) is 5.16. The topological polar surface area (TPSA) is 26.3 Å². The number of hydrogen-bond acceptors (Lipinski definition) is 3. The Hall–Kier alpha value is -0.180. The van der Waals surface area contributed by atoms with Crippen LogP contribution < -0.4 is 0 Å². The maximum Gasteiger partial charge on any atom is 0.305 e. The first-order valence-electron chi connectivity index (χ1n) is 8.07. The molecule has 0 fully saturated rings. The third-order valence-electron chi connectivity index (χ3n) is 3.30. The van der Waals surface area contributed by atoms with E-state index >= 15 is 0 Å². The Morgan fingerprint density at radius 1 is 0.842 bits per heavy atom. The van der Waals surface area contributed by atoms with Crippen LogP contribution in [0.15, 0.2) is 0 Å². The molecular weight excluding hydrogens is 256 g/mol. The minimum atomic E-state index is -0.00937. The Labute approximate surface area is 125 Å². The zero-order valence-corrected chi connectivity index (χ0v) is 13.6. The zero-order valence-electron chi connectivity index (χ0n) is 12.7. The summed E-state index contributed by atoms with van der Waals surface area (Å²) < 4.78 is 5.17. The monoisotopic (exact) mass is 288 g/mol. The Bertz CT molecular complexity index is 195. The maximum absolute atomic E-state index is 11.4. The summed E-state index contributed by atoms with van der Waals surface area (Å²) in [5, 5.41) is 0. The van der Waals surface area contributed by atoms with Gasteiger partial charge in [0.2, 0.25) is 0 Å². The molecule has 0 atom stereocenters. The van der Waals surface area contributed by atoms with Crippen molar-refractivity contribution in [1.82, 2.24) is 0 Å². The lowest BCUT2D eigenvalue weighted by molar-refractivity contribution is -0.143. The number of rotatable bonds is 14. The highest BCUT2D eigenvalue weighted by atomic mass is 32.1. The van der Waals surface area contributed by atoms with Crippen LogP contribution in [0.4, 0.5) is 0 Å². The van der Waals surface area contributed by atoms with Crippen LogP contribution in [0.5, 0.6) is 0 Å². The van der Waals surface area contributed by atoms with E-state index in [1.54, 1.807) is 0 Å². The Balaban J connectivity index is 3.10. The second-order valence-corrected chi connectivity index (χ2v) is 5.68. The lowest BCUT2D eigenvalue weighted by Gasteiger charge is -2.04. The SMILES string of the molecule is CCCCCOC(=O)CCCCCCCCCCS. The van der Waals surface area contributed by atoms with E-state index < -0.39 is 0 Å². The van der Waals surface area contributed by atoms with Crippen molar-refractivity contribution in [2.75, 3.05) is 12.4 Å². The van der Waals surface area contributed by atoms with Gasteiger partial charge in [-0.05, 0) is 25.0 Å². The molecule has 0 heterocycles. The van der Waals surface area contributed by atoms with Gasteiger partial charge in [-0.3, -0.25) is 4.79 Å². The van der Waals surface area contributed by atoms with Crippen LogP contribution in [-0.4, -0.2) is 18.3 Å². The normalized spacial score (nSPS) is 10.6. The van der Waals surface area contributed by atoms with Gasteiger partial charge in [-0.1, -0.05) is 58.3 Å². The van der Waals surface area contributed by atoms with E-state index in [4.69, 9.17) is 4.74 Å². The maximum atomic E-state index is 11.4. The molecule has 0 aliphatic carbocycles. The number of carbonyl (C=O) groups is 1. The number of hydrogen-bond donors (Lipinski definition) is 1. The lowest BCUT2D eigenvalue weighted by atomic mass is 10.1. The summed E-state index contributed by atoms with van der Waals surface area (Å²) in [4.78, 5) is 11.4. The first kappa shape index (κ1) is 18.8. The standard InChI is InChI=1S/C16H32O2S/c1-2-3-11-14-18-16(17)13-10-8-6-4-5-7-9-12-15-19/h19H,2-15H2,1H3. The molecule has 0 aliphatic rings. The molecular formula is C16H32O2S. The summed E-state index contributed by atoms with van der Waals surface area (Å²) in [5.41, 5.74) is 0. The Morgan fingerprint density at radius 3 is 2.00 bits per heavy atom. The average molecular weight is 288 g/mol. The molecule has 0 N–H and O–H groups in total. The molecule has 0 saturated carbocycles. The van der Waals surface area contributed by atoms with Gasteiger partial charge in [-0.15, -0.1) is 0 Å². The molecule has 0 radical (unpaired) electrons. The van der Waals surface area contributed by atoms with Crippen molar-refractivity contribution in [3.63, 3.8) is 0 Å². The molecule has 19 heavy (non-hydrogen) atoms. The van der Waals surface area contributed by atoms with Gasteiger partial charge in [-0.2, -0.15) is 12.6 Å². The second-order valence-electron chi connectivity index (χ2n) is 5.23. The average Bonchev–Trinajstić information content (AvgIpc) is 2.42. The molecule has 0 aromatic heterocycles. The van der Waals surface area contributed by atoms with Gasteiger partial charge in [0, 0.05) is 6.42 Å². The summed E-state index contributed by atoms with van der Waals surface area (Å²) in [6, 6.07) is 0. The summed E-state index contributed by atoms with van der Waals surface area (Å²) in [7, 11) is 0. The van der Waals surface area contributed by atoms with Crippen molar-refractivity contribution >= 4 is 18.6 Å². The molecule has 0 aliphatic heterocycles. The highest BCUT2D eigenvalue weighted by molar-refractivity contribution is 7.80. The number of thiol groups is 1. The summed E-state index contributed by atoms with van der Waals surface area (Å²) >= 11 is 4.20. The number of ether oxygens (including phenoxy) is 1. The quantitative estimate of drug-likeness (QED) is 0.271. The largest absolute Gasteiger partial charge is 0.466 e. The van der Waals surface area contributed by atoms with Gasteiger partial charge in [0.05, 0.1) is 6.61 Å². The van der Waals surface area contributed by atoms with Crippen LogP contribution in [-0.2, 0) is 9.53 Å². The van der Waals surface area contributed by atoms with Crippen molar-refractivity contribution in [3.8, 4) is 0 Å². The predicted molar refractivity (Wildman–Crippen MR) is 85.9 cm³/mol. The Kier molecular flexibility index (Phi) is 15.7. The van der Waals surface area contributed by atoms with Gasteiger partial charge in [0.1, 0.15) is 0 Å². The highest BCUT2D eigenvalue weighted by Crippen LogP contribution is 2.10. The molecule has 0 aromatic carbocycles. The fraction of sp³-hybridized carbons (Fsp3) is 0.938. The van der Waals surface area contributed by atoms with E-state index in [-0.39, 0.29) is 5.97 Å². The van der Waals surface area contributed by atoms with E-state index in [1.165, 1.54) is 44.9 Å². The van der Waals surface area contributed by atoms with Crippen molar-refractivity contribution < 1.29 is 9.53 Å². The van der Waals surface area contributed by atoms with Gasteiger partial charge in [-0.25, -0.2) is 0 Å². The van der Waals surface area contributed by atoms with Gasteiger partial charge in [0.25, 0.3) is 0 Å². The second kappa shape index (κ2) is 15.9. The Morgan fingerprint density at radius 2 is 1.42 bits per heavy atom. The minimum Gasteiger partial charge on any atom is -0.466 e. The van der Waals surface area contributed by atoms with Crippen LogP contribution in [0.2, 0.25) is 0 Å². The van der Waals surface area contributed by atoms with Crippen LogP contribution in [0.1, 0.15) is 84.0 Å². The summed E-state index contributed by atoms with van der Waals surface area (Å²) in [5.74, 6) is 1.00. The number of esters is 1. The van der Waals surface area contributed by atoms with Crippen molar-refractivity contribution in [2.45, 2.75) is 84.0 Å². The van der Waals surface area contributed by atoms with E-state index in [0.717, 1.165) is 31.4 Å². The van der Waals surface area contributed by atoms with E-state index in [1.807, 2.05) is 0 Å². The third-order valence-corrected chi connectivity index (χ3v) is 3.62. The van der Waals surface area contributed by atoms with E-state index in [0.29, 0.717) is 13.0 Å². The first-order chi connectivity index (χ1) is 9.31. The zero-order chi connectivity index (χ0) is 14.2. The molecule has 0 aromatic rings. The van der Waals surface area contributed by atoms with Crippen LogP contribution in [0.3, 0.4) is 0 Å². The van der Waals surface area contributed by atoms with Gasteiger partial charge < -0.3 is 4.74 Å². The molecule has 0 bridgehead atoms. The molecule has 2 nitrogen and oxygen atoms in total. The van der Waals surface area contributed by atoms with Gasteiger partial charge >= 0.3 is 5.97 Å². The lowest BCUT2D eigenvalue weighted by Crippen LogP contribution is -2.05. The molecule has 0 spiro atoms. The van der Waals surface area contributed by atoms with Crippen LogP contribution >= 0.6 is 12.6 Å². The molecule has 0 rings (SSSR count). The number of carbonyl (C=O) groups excluding carboxylic acids is 1. The van der Waals surface area contributed by atoms with Crippen molar-refractivity contribution in [2.24, 2.45) is 0 Å². The minimum absolute atomic E-state index is 0.00937.